The molecule has 0 spiro atoms. The number of hydrogen-bond acceptors (Lipinski definition) is 4. The zero-order valence-corrected chi connectivity index (χ0v) is 11.2. The number of rotatable bonds is 10. The predicted molar refractivity (Wildman–Crippen MR) is 68.7 cm³/mol. The molecule has 1 amide bonds. The smallest absolute Gasteiger partial charge is 0.218 e. The van der Waals surface area contributed by atoms with Crippen LogP contribution in [0.2, 0.25) is 0 Å². The zero-order valence-electron chi connectivity index (χ0n) is 11.2. The van der Waals surface area contributed by atoms with Gasteiger partial charge in [-0.05, 0) is 40.5 Å². The van der Waals surface area contributed by atoms with Crippen LogP contribution in [-0.4, -0.2) is 61.8 Å². The third-order valence-corrected chi connectivity index (χ3v) is 2.53. The van der Waals surface area contributed by atoms with Crippen LogP contribution in [0.15, 0.2) is 0 Å². The van der Waals surface area contributed by atoms with Crippen molar-refractivity contribution in [2.24, 2.45) is 5.73 Å². The lowest BCUT2D eigenvalue weighted by molar-refractivity contribution is -0.118. The molecular weight excluding hydrogens is 218 g/mol. The Balaban J connectivity index is 3.91. The van der Waals surface area contributed by atoms with Gasteiger partial charge in [-0.3, -0.25) is 9.59 Å². The van der Waals surface area contributed by atoms with Crippen molar-refractivity contribution in [3.05, 3.63) is 0 Å². The minimum absolute atomic E-state index is 0.182. The fourth-order valence-corrected chi connectivity index (χ4v) is 1.53. The lowest BCUT2D eigenvalue weighted by Gasteiger charge is -2.22. The van der Waals surface area contributed by atoms with Crippen molar-refractivity contribution in [3.63, 3.8) is 0 Å². The molecule has 0 aliphatic heterocycles. The van der Waals surface area contributed by atoms with E-state index < -0.39 is 0 Å². The molecule has 0 rings (SSSR count). The van der Waals surface area contributed by atoms with Crippen LogP contribution in [0.5, 0.6) is 0 Å². The summed E-state index contributed by atoms with van der Waals surface area (Å²) in [6, 6.07) is 0. The Morgan fingerprint density at radius 3 is 2.06 bits per heavy atom. The number of amides is 1. The van der Waals surface area contributed by atoms with E-state index in [1.807, 2.05) is 14.1 Å². The molecule has 0 aromatic carbocycles. The molecule has 17 heavy (non-hydrogen) atoms. The summed E-state index contributed by atoms with van der Waals surface area (Å²) in [6.45, 7) is 4.87. The van der Waals surface area contributed by atoms with Crippen molar-refractivity contribution < 1.29 is 9.59 Å². The molecule has 0 bridgehead atoms. The van der Waals surface area contributed by atoms with E-state index in [1.165, 1.54) is 0 Å². The molecule has 0 aliphatic carbocycles. The Morgan fingerprint density at radius 1 is 1.00 bits per heavy atom. The maximum absolute atomic E-state index is 10.9. The van der Waals surface area contributed by atoms with Gasteiger partial charge in [0.25, 0.3) is 0 Å². The summed E-state index contributed by atoms with van der Waals surface area (Å²) in [7, 11) is 4.06. The predicted octanol–water partition coefficient (Wildman–Crippen LogP) is 0.0946. The minimum atomic E-state index is -0.287. The van der Waals surface area contributed by atoms with Crippen LogP contribution in [0.4, 0.5) is 0 Å². The Kier molecular flexibility index (Phi) is 8.62. The number of nitrogens with zero attached hydrogens (tertiary/aromatic N) is 2. The second-order valence-electron chi connectivity index (χ2n) is 4.67. The summed E-state index contributed by atoms with van der Waals surface area (Å²) >= 11 is 0. The van der Waals surface area contributed by atoms with E-state index in [9.17, 15) is 9.59 Å². The fourth-order valence-electron chi connectivity index (χ4n) is 1.53. The number of carbonyl (C=O) groups is 2. The molecule has 0 unspecified atom stereocenters. The van der Waals surface area contributed by atoms with Gasteiger partial charge in [0, 0.05) is 25.9 Å². The second kappa shape index (κ2) is 9.13. The first-order valence-corrected chi connectivity index (χ1v) is 6.06. The summed E-state index contributed by atoms with van der Waals surface area (Å²) in [5, 5.41) is 0. The molecule has 0 saturated heterocycles. The molecule has 5 heteroatoms. The Hall–Kier alpha value is -0.940. The molecule has 0 aromatic heterocycles. The summed E-state index contributed by atoms with van der Waals surface area (Å²) in [5.41, 5.74) is 5.13. The molecule has 0 saturated carbocycles. The van der Waals surface area contributed by atoms with E-state index in [1.54, 1.807) is 6.92 Å². The average molecular weight is 243 g/mol. The van der Waals surface area contributed by atoms with Gasteiger partial charge in [0.05, 0.1) is 0 Å². The average Bonchev–Trinajstić information content (AvgIpc) is 2.20. The monoisotopic (exact) mass is 243 g/mol. The normalized spacial score (nSPS) is 11.1. The summed E-state index contributed by atoms with van der Waals surface area (Å²) in [6.07, 6.45) is 1.93. The fraction of sp³-hybridized carbons (Fsp3) is 0.833. The molecule has 0 fully saturated rings. The third-order valence-electron chi connectivity index (χ3n) is 2.53. The Morgan fingerprint density at radius 2 is 1.59 bits per heavy atom. The SMILES string of the molecule is CC(=O)CCN(CCCN(C)C)CCC(N)=O. The first-order chi connectivity index (χ1) is 7.91. The zero-order chi connectivity index (χ0) is 13.3. The minimum Gasteiger partial charge on any atom is -0.370 e. The highest BCUT2D eigenvalue weighted by atomic mass is 16.1. The first-order valence-electron chi connectivity index (χ1n) is 6.06. The van der Waals surface area contributed by atoms with Gasteiger partial charge < -0.3 is 15.5 Å². The quantitative estimate of drug-likeness (QED) is 0.591. The van der Waals surface area contributed by atoms with E-state index in [0.29, 0.717) is 19.4 Å². The number of Topliss-reactive ketones (excluding diaryl/α,β-unsaturated/α-hetero) is 1. The molecule has 2 N–H and O–H groups in total. The van der Waals surface area contributed by atoms with Crippen LogP contribution >= 0.6 is 0 Å². The summed E-state index contributed by atoms with van der Waals surface area (Å²) in [5.74, 6) is -0.105. The molecule has 0 atom stereocenters. The van der Waals surface area contributed by atoms with Crippen molar-refractivity contribution >= 4 is 11.7 Å². The molecule has 0 aromatic rings. The van der Waals surface area contributed by atoms with Crippen molar-refractivity contribution in [2.45, 2.75) is 26.2 Å². The third kappa shape index (κ3) is 11.3. The second-order valence-corrected chi connectivity index (χ2v) is 4.67. The van der Waals surface area contributed by atoms with Gasteiger partial charge in [-0.25, -0.2) is 0 Å². The van der Waals surface area contributed by atoms with Crippen LogP contribution in [0.25, 0.3) is 0 Å². The lowest BCUT2D eigenvalue weighted by atomic mass is 10.2. The molecule has 0 radical (unpaired) electrons. The van der Waals surface area contributed by atoms with Gasteiger partial charge in [0.1, 0.15) is 5.78 Å². The van der Waals surface area contributed by atoms with Crippen LogP contribution in [0, 0.1) is 0 Å². The number of carbonyl (C=O) groups excluding carboxylic acids is 2. The summed E-state index contributed by atoms with van der Waals surface area (Å²) < 4.78 is 0. The topological polar surface area (TPSA) is 66.6 Å². The van der Waals surface area contributed by atoms with Crippen molar-refractivity contribution in [1.29, 1.82) is 0 Å². The lowest BCUT2D eigenvalue weighted by Crippen LogP contribution is -2.32. The molecular formula is C12H25N3O2. The highest BCUT2D eigenvalue weighted by Gasteiger charge is 2.07. The van der Waals surface area contributed by atoms with Gasteiger partial charge >= 0.3 is 0 Å². The maximum atomic E-state index is 10.9. The number of nitrogens with two attached hydrogens (primary N) is 1. The highest BCUT2D eigenvalue weighted by Crippen LogP contribution is 1.98. The van der Waals surface area contributed by atoms with Gasteiger partial charge in [-0.1, -0.05) is 0 Å². The largest absolute Gasteiger partial charge is 0.370 e. The molecule has 100 valence electrons. The first kappa shape index (κ1) is 16.1. The van der Waals surface area contributed by atoms with E-state index in [0.717, 1.165) is 26.1 Å². The van der Waals surface area contributed by atoms with Crippen molar-refractivity contribution in [1.82, 2.24) is 9.80 Å². The maximum Gasteiger partial charge on any atom is 0.218 e. The van der Waals surface area contributed by atoms with E-state index in [2.05, 4.69) is 9.80 Å². The van der Waals surface area contributed by atoms with Crippen LogP contribution in [0.1, 0.15) is 26.2 Å². The molecule has 0 heterocycles. The van der Waals surface area contributed by atoms with Gasteiger partial charge in [-0.15, -0.1) is 0 Å². The standard InChI is InChI=1S/C12H25N3O2/c1-11(16)5-9-15(10-6-12(13)17)8-4-7-14(2)3/h4-10H2,1-3H3,(H2,13,17). The Bertz CT molecular complexity index is 224. The van der Waals surface area contributed by atoms with Gasteiger partial charge in [-0.2, -0.15) is 0 Å². The number of hydrogen-bond donors (Lipinski definition) is 1. The Labute approximate surface area is 104 Å². The highest BCUT2D eigenvalue weighted by molar-refractivity contribution is 5.75. The number of ketones is 1. The van der Waals surface area contributed by atoms with Crippen LogP contribution in [-0.2, 0) is 9.59 Å². The van der Waals surface area contributed by atoms with E-state index in [-0.39, 0.29) is 11.7 Å². The van der Waals surface area contributed by atoms with Crippen molar-refractivity contribution in [3.8, 4) is 0 Å². The molecule has 0 aliphatic rings. The van der Waals surface area contributed by atoms with E-state index >= 15 is 0 Å². The van der Waals surface area contributed by atoms with E-state index in [4.69, 9.17) is 5.73 Å². The number of primary amides is 1. The van der Waals surface area contributed by atoms with Gasteiger partial charge in [0.15, 0.2) is 0 Å². The van der Waals surface area contributed by atoms with Gasteiger partial charge in [0.2, 0.25) is 5.91 Å². The van der Waals surface area contributed by atoms with Crippen LogP contribution in [0.3, 0.4) is 0 Å². The van der Waals surface area contributed by atoms with Crippen molar-refractivity contribution in [2.75, 3.05) is 40.3 Å². The van der Waals surface area contributed by atoms with Crippen LogP contribution < -0.4 is 5.73 Å². The molecule has 5 nitrogen and oxygen atoms in total. The summed E-state index contributed by atoms with van der Waals surface area (Å²) in [4.78, 5) is 25.9.